The van der Waals surface area contributed by atoms with Crippen molar-refractivity contribution in [1.82, 2.24) is 5.32 Å². The fraction of sp³-hybridized carbons (Fsp3) is 0.500. The number of benzene rings is 1. The molecule has 0 spiro atoms. The molecule has 1 fully saturated rings. The molecule has 2 unspecified atom stereocenters. The molecule has 1 aliphatic carbocycles. The number of nitrogens with one attached hydrogen (secondary N) is 1. The van der Waals surface area contributed by atoms with E-state index in [2.05, 4.69) is 10.1 Å². The first-order valence-corrected chi connectivity index (χ1v) is 6.65. The molecule has 0 heterocycles. The van der Waals surface area contributed by atoms with E-state index >= 15 is 0 Å². The highest BCUT2D eigenvalue weighted by molar-refractivity contribution is 5.83. The predicted molar refractivity (Wildman–Crippen MR) is 68.7 cm³/mol. The Morgan fingerprint density at radius 3 is 2.76 bits per heavy atom. The lowest BCUT2D eigenvalue weighted by molar-refractivity contribution is -0.274. The van der Waals surface area contributed by atoms with Crippen LogP contribution in [0.15, 0.2) is 24.3 Å². The number of alkyl halides is 3. The van der Waals surface area contributed by atoms with E-state index in [1.54, 1.807) is 12.1 Å². The summed E-state index contributed by atoms with van der Waals surface area (Å²) in [5.41, 5.74) is 0.400. The largest absolute Gasteiger partial charge is 0.573 e. The first-order valence-electron chi connectivity index (χ1n) is 6.65. The molecule has 0 saturated heterocycles. The van der Waals surface area contributed by atoms with E-state index < -0.39 is 6.36 Å². The number of aliphatic hydroxyl groups is 1. The van der Waals surface area contributed by atoms with Crippen molar-refractivity contribution in [3.8, 4) is 5.75 Å². The van der Waals surface area contributed by atoms with Crippen LogP contribution in [0.3, 0.4) is 0 Å². The number of amides is 1. The fourth-order valence-electron chi connectivity index (χ4n) is 2.25. The van der Waals surface area contributed by atoms with Crippen LogP contribution in [0.1, 0.15) is 24.3 Å². The van der Waals surface area contributed by atoms with E-state index in [1.807, 2.05) is 0 Å². The van der Waals surface area contributed by atoms with E-state index in [0.29, 0.717) is 24.9 Å². The smallest absolute Gasteiger partial charge is 0.405 e. The lowest BCUT2D eigenvalue weighted by Gasteiger charge is -2.13. The summed E-state index contributed by atoms with van der Waals surface area (Å²) in [5, 5.41) is 11.3. The van der Waals surface area contributed by atoms with Gasteiger partial charge in [0.1, 0.15) is 5.75 Å². The van der Waals surface area contributed by atoms with Gasteiger partial charge in [-0.3, -0.25) is 4.79 Å². The average molecular weight is 303 g/mol. The number of aliphatic hydroxyl groups excluding tert-OH is 1. The molecule has 4 nitrogen and oxygen atoms in total. The maximum atomic E-state index is 12.3. The summed E-state index contributed by atoms with van der Waals surface area (Å²) in [5.74, 6) is -1.03. The quantitative estimate of drug-likeness (QED) is 0.792. The lowest BCUT2D eigenvalue weighted by atomic mass is 10.1. The molecule has 7 heteroatoms. The van der Waals surface area contributed by atoms with E-state index in [0.717, 1.165) is 0 Å². The molecule has 1 amide bonds. The van der Waals surface area contributed by atoms with Crippen molar-refractivity contribution in [2.24, 2.45) is 5.92 Å². The van der Waals surface area contributed by atoms with Crippen molar-refractivity contribution in [1.29, 1.82) is 0 Å². The van der Waals surface area contributed by atoms with Gasteiger partial charge >= 0.3 is 6.36 Å². The number of para-hydroxylation sites is 1. The molecule has 21 heavy (non-hydrogen) atoms. The zero-order chi connectivity index (χ0) is 15.5. The first kappa shape index (κ1) is 15.6. The molecule has 116 valence electrons. The second-order valence-electron chi connectivity index (χ2n) is 4.90. The van der Waals surface area contributed by atoms with Crippen LogP contribution in [-0.2, 0) is 4.79 Å². The molecule has 1 aliphatic rings. The highest BCUT2D eigenvalue weighted by Gasteiger charge is 2.46. The Labute approximate surface area is 119 Å². The Morgan fingerprint density at radius 2 is 2.10 bits per heavy atom. The summed E-state index contributed by atoms with van der Waals surface area (Å²) in [6.45, 7) is 0.343. The molecule has 2 rings (SSSR count). The van der Waals surface area contributed by atoms with Gasteiger partial charge < -0.3 is 15.2 Å². The van der Waals surface area contributed by atoms with Crippen LogP contribution in [0.4, 0.5) is 13.2 Å². The predicted octanol–water partition coefficient (Wildman–Crippen LogP) is 2.19. The summed E-state index contributed by atoms with van der Waals surface area (Å²) >= 11 is 0. The standard InChI is InChI=1S/C14H16F3NO3/c15-14(16,17)21-12-5-2-1-4-9(12)10-8-11(10)13(20)18-6-3-7-19/h1-2,4-5,10-11,19H,3,6-8H2,(H,18,20). The number of carbonyl (C=O) groups excluding carboxylic acids is 1. The second kappa shape index (κ2) is 6.34. The third-order valence-electron chi connectivity index (χ3n) is 3.31. The maximum absolute atomic E-state index is 12.3. The third kappa shape index (κ3) is 4.35. The Balaban J connectivity index is 1.99. The van der Waals surface area contributed by atoms with Crippen molar-refractivity contribution < 1.29 is 27.8 Å². The molecule has 2 atom stereocenters. The summed E-state index contributed by atoms with van der Waals surface area (Å²) in [4.78, 5) is 11.8. The van der Waals surface area contributed by atoms with Gasteiger partial charge in [-0.15, -0.1) is 13.2 Å². The van der Waals surface area contributed by atoms with Crippen molar-refractivity contribution in [2.75, 3.05) is 13.2 Å². The third-order valence-corrected chi connectivity index (χ3v) is 3.31. The number of hydrogen-bond acceptors (Lipinski definition) is 3. The van der Waals surface area contributed by atoms with Crippen LogP contribution in [0.5, 0.6) is 5.75 Å². The van der Waals surface area contributed by atoms with E-state index in [-0.39, 0.29) is 30.1 Å². The zero-order valence-corrected chi connectivity index (χ0v) is 11.2. The van der Waals surface area contributed by atoms with Crippen LogP contribution >= 0.6 is 0 Å². The van der Waals surface area contributed by atoms with Crippen LogP contribution in [0.25, 0.3) is 0 Å². The minimum absolute atomic E-state index is 0.0172. The van der Waals surface area contributed by atoms with Gasteiger partial charge in [-0.25, -0.2) is 0 Å². The molecule has 0 radical (unpaired) electrons. The van der Waals surface area contributed by atoms with E-state index in [9.17, 15) is 18.0 Å². The van der Waals surface area contributed by atoms with Gasteiger partial charge in [0.2, 0.25) is 5.91 Å². The molecule has 1 aromatic rings. The highest BCUT2D eigenvalue weighted by Crippen LogP contribution is 2.50. The lowest BCUT2D eigenvalue weighted by Crippen LogP contribution is -2.27. The zero-order valence-electron chi connectivity index (χ0n) is 11.2. The van der Waals surface area contributed by atoms with Crippen molar-refractivity contribution in [3.05, 3.63) is 29.8 Å². The van der Waals surface area contributed by atoms with Crippen LogP contribution in [0, 0.1) is 5.92 Å². The SMILES string of the molecule is O=C(NCCCO)C1CC1c1ccccc1OC(F)(F)F. The number of carbonyl (C=O) groups is 1. The fourth-order valence-corrected chi connectivity index (χ4v) is 2.25. The maximum Gasteiger partial charge on any atom is 0.573 e. The van der Waals surface area contributed by atoms with E-state index in [1.165, 1.54) is 12.1 Å². The van der Waals surface area contributed by atoms with Gasteiger partial charge in [-0.1, -0.05) is 18.2 Å². The number of halogens is 3. The van der Waals surface area contributed by atoms with Crippen LogP contribution in [-0.4, -0.2) is 30.5 Å². The topological polar surface area (TPSA) is 58.6 Å². The van der Waals surface area contributed by atoms with Crippen molar-refractivity contribution >= 4 is 5.91 Å². The van der Waals surface area contributed by atoms with Gasteiger partial charge in [0.25, 0.3) is 0 Å². The summed E-state index contributed by atoms with van der Waals surface area (Å²) in [6.07, 6.45) is -3.79. The summed E-state index contributed by atoms with van der Waals surface area (Å²) in [7, 11) is 0. The van der Waals surface area contributed by atoms with E-state index in [4.69, 9.17) is 5.11 Å². The number of ether oxygens (including phenoxy) is 1. The number of rotatable bonds is 6. The molecule has 2 N–H and O–H groups in total. The van der Waals surface area contributed by atoms with Gasteiger partial charge in [0, 0.05) is 19.1 Å². The summed E-state index contributed by atoms with van der Waals surface area (Å²) in [6, 6.07) is 5.88. The Kier molecular flexibility index (Phi) is 4.72. The molecule has 0 bridgehead atoms. The minimum Gasteiger partial charge on any atom is -0.405 e. The molecule has 0 aromatic heterocycles. The molecular formula is C14H16F3NO3. The first-order chi connectivity index (χ1) is 9.92. The second-order valence-corrected chi connectivity index (χ2v) is 4.90. The van der Waals surface area contributed by atoms with Gasteiger partial charge in [0.15, 0.2) is 0 Å². The van der Waals surface area contributed by atoms with Crippen molar-refractivity contribution in [2.45, 2.75) is 25.1 Å². The Morgan fingerprint density at radius 1 is 1.38 bits per heavy atom. The summed E-state index contributed by atoms with van der Waals surface area (Å²) < 4.78 is 41.0. The minimum atomic E-state index is -4.75. The molecule has 1 saturated carbocycles. The monoisotopic (exact) mass is 303 g/mol. The van der Waals surface area contributed by atoms with Crippen LogP contribution in [0.2, 0.25) is 0 Å². The van der Waals surface area contributed by atoms with Gasteiger partial charge in [0.05, 0.1) is 0 Å². The Hall–Kier alpha value is -1.76. The molecular weight excluding hydrogens is 287 g/mol. The van der Waals surface area contributed by atoms with Gasteiger partial charge in [-0.2, -0.15) is 0 Å². The molecule has 1 aromatic carbocycles. The highest BCUT2D eigenvalue weighted by atomic mass is 19.4. The van der Waals surface area contributed by atoms with Crippen LogP contribution < -0.4 is 10.1 Å². The number of hydrogen-bond donors (Lipinski definition) is 2. The molecule has 0 aliphatic heterocycles. The normalized spacial score (nSPS) is 21.0. The van der Waals surface area contributed by atoms with Gasteiger partial charge in [-0.05, 0) is 30.4 Å². The Bertz CT molecular complexity index is 504. The average Bonchev–Trinajstić information content (AvgIpc) is 3.18. The van der Waals surface area contributed by atoms with Crippen molar-refractivity contribution in [3.63, 3.8) is 0 Å².